The summed E-state index contributed by atoms with van der Waals surface area (Å²) in [5, 5.41) is 21.9. The van der Waals surface area contributed by atoms with Gasteiger partial charge in [0.2, 0.25) is 0 Å². The van der Waals surface area contributed by atoms with Gasteiger partial charge in [0, 0.05) is 12.0 Å². The minimum absolute atomic E-state index is 0.00909. The van der Waals surface area contributed by atoms with Gasteiger partial charge in [-0.25, -0.2) is 0 Å². The van der Waals surface area contributed by atoms with E-state index in [1.54, 1.807) is 6.08 Å². The van der Waals surface area contributed by atoms with Crippen molar-refractivity contribution in [1.29, 1.82) is 0 Å². The molecule has 3 unspecified atom stereocenters. The first-order valence-electron chi connectivity index (χ1n) is 8.94. The van der Waals surface area contributed by atoms with Crippen LogP contribution < -0.4 is 0 Å². The average Bonchev–Trinajstić information content (AvgIpc) is 2.69. The van der Waals surface area contributed by atoms with E-state index in [0.29, 0.717) is 0 Å². The lowest BCUT2D eigenvalue weighted by Crippen LogP contribution is -2.46. The molecule has 0 saturated carbocycles. The minimum Gasteiger partial charge on any atom is -0.508 e. The summed E-state index contributed by atoms with van der Waals surface area (Å²) in [6.45, 7) is 13.3. The zero-order valence-electron chi connectivity index (χ0n) is 16.5. The highest BCUT2D eigenvalue weighted by Crippen LogP contribution is 2.44. The Morgan fingerprint density at radius 2 is 1.64 bits per heavy atom. The van der Waals surface area contributed by atoms with Crippen molar-refractivity contribution in [2.24, 2.45) is 17.8 Å². The molecule has 0 fully saturated rings. The maximum atomic E-state index is 13.0. The molecule has 0 bridgehead atoms. The Balaban J connectivity index is 3.42. The van der Waals surface area contributed by atoms with Crippen LogP contribution in [0.5, 0.6) is 0 Å². The Morgan fingerprint density at radius 1 is 1.12 bits per heavy atom. The van der Waals surface area contributed by atoms with Gasteiger partial charge in [-0.3, -0.25) is 9.59 Å². The third-order valence-electron chi connectivity index (χ3n) is 5.04. The predicted molar refractivity (Wildman–Crippen MR) is 100 cm³/mol. The largest absolute Gasteiger partial charge is 0.508 e. The fraction of sp³-hybridized carbons (Fsp3) is 0.619. The average molecular weight is 348 g/mol. The van der Waals surface area contributed by atoms with E-state index in [-0.39, 0.29) is 36.0 Å². The summed E-state index contributed by atoms with van der Waals surface area (Å²) in [6, 6.07) is 0. The normalized spacial score (nSPS) is 24.5. The smallest absolute Gasteiger partial charge is 0.190 e. The van der Waals surface area contributed by atoms with Crippen LogP contribution in [0.15, 0.2) is 34.6 Å². The minimum atomic E-state index is -2.13. The first kappa shape index (κ1) is 21.4. The third kappa shape index (κ3) is 4.30. The lowest BCUT2D eigenvalue weighted by atomic mass is 9.81. The molecule has 0 spiro atoms. The molecule has 2 N–H and O–H groups in total. The zero-order valence-corrected chi connectivity index (χ0v) is 16.5. The van der Waals surface area contributed by atoms with Gasteiger partial charge in [-0.2, -0.15) is 0 Å². The van der Waals surface area contributed by atoms with Gasteiger partial charge in [-0.15, -0.1) is 0 Å². The topological polar surface area (TPSA) is 74.6 Å². The van der Waals surface area contributed by atoms with Crippen molar-refractivity contribution in [3.8, 4) is 0 Å². The summed E-state index contributed by atoms with van der Waals surface area (Å²) in [5.41, 5.74) is 0.0151. The van der Waals surface area contributed by atoms with Gasteiger partial charge < -0.3 is 10.2 Å². The molecular weight excluding hydrogens is 316 g/mol. The van der Waals surface area contributed by atoms with Crippen molar-refractivity contribution < 1.29 is 19.8 Å². The van der Waals surface area contributed by atoms with Crippen molar-refractivity contribution in [1.82, 2.24) is 0 Å². The first-order chi connectivity index (χ1) is 11.4. The molecule has 140 valence electrons. The Bertz CT molecular complexity index is 628. The number of ketones is 2. The number of carbonyl (C=O) groups is 2. The van der Waals surface area contributed by atoms with E-state index in [1.165, 1.54) is 0 Å². The maximum absolute atomic E-state index is 13.0. The summed E-state index contributed by atoms with van der Waals surface area (Å²) in [5.74, 6) is -2.37. The van der Waals surface area contributed by atoms with E-state index in [9.17, 15) is 19.8 Å². The molecular formula is C21H32O4. The number of Topliss-reactive ketones (excluding diaryl/α,β-unsaturated/α-hetero) is 2. The number of aliphatic hydroxyl groups excluding tert-OH is 1. The Kier molecular flexibility index (Phi) is 6.95. The molecule has 0 radical (unpaired) electrons. The molecule has 1 aliphatic carbocycles. The molecule has 25 heavy (non-hydrogen) atoms. The van der Waals surface area contributed by atoms with Gasteiger partial charge in [0.15, 0.2) is 17.2 Å². The molecule has 0 aromatic heterocycles. The van der Waals surface area contributed by atoms with E-state index >= 15 is 0 Å². The lowest BCUT2D eigenvalue weighted by Gasteiger charge is -2.27. The van der Waals surface area contributed by atoms with Crippen molar-refractivity contribution in [3.05, 3.63) is 34.6 Å². The van der Waals surface area contributed by atoms with Gasteiger partial charge >= 0.3 is 0 Å². The molecule has 1 aliphatic rings. The molecule has 4 nitrogen and oxygen atoms in total. The van der Waals surface area contributed by atoms with Gasteiger partial charge in [-0.05, 0) is 46.0 Å². The Labute approximate surface area is 151 Å². The van der Waals surface area contributed by atoms with Crippen molar-refractivity contribution in [2.45, 2.75) is 66.9 Å². The second-order valence-electron chi connectivity index (χ2n) is 7.90. The van der Waals surface area contributed by atoms with E-state index in [1.807, 2.05) is 54.5 Å². The second kappa shape index (κ2) is 8.13. The standard InChI is InChI=1S/C21H32O4/c1-12(2)8-10-16-19(23)18(15(7)14(5)6)20(24)21(16,25)17(22)11-9-13(3)4/h8-9,14-16,24-25H,10-11H2,1-7H3. The number of hydrogen-bond acceptors (Lipinski definition) is 4. The number of rotatable bonds is 7. The van der Waals surface area contributed by atoms with Crippen LogP contribution in [0.25, 0.3) is 0 Å². The maximum Gasteiger partial charge on any atom is 0.190 e. The molecule has 0 aromatic carbocycles. The van der Waals surface area contributed by atoms with Crippen molar-refractivity contribution in [2.75, 3.05) is 0 Å². The highest BCUT2D eigenvalue weighted by Gasteiger charge is 2.57. The molecule has 3 atom stereocenters. The van der Waals surface area contributed by atoms with Crippen LogP contribution in [0.1, 0.15) is 61.3 Å². The molecule has 0 aromatic rings. The Hall–Kier alpha value is -1.68. The van der Waals surface area contributed by atoms with Gasteiger partial charge in [0.1, 0.15) is 5.76 Å². The highest BCUT2D eigenvalue weighted by molar-refractivity contribution is 6.10. The van der Waals surface area contributed by atoms with E-state index in [0.717, 1.165) is 11.1 Å². The van der Waals surface area contributed by atoms with Gasteiger partial charge in [0.05, 0.1) is 5.92 Å². The van der Waals surface area contributed by atoms with Crippen LogP contribution in [0.2, 0.25) is 0 Å². The van der Waals surface area contributed by atoms with Crippen molar-refractivity contribution in [3.63, 3.8) is 0 Å². The van der Waals surface area contributed by atoms with Crippen LogP contribution in [0.3, 0.4) is 0 Å². The van der Waals surface area contributed by atoms with Gasteiger partial charge in [0.25, 0.3) is 0 Å². The number of aliphatic hydroxyl groups is 2. The fourth-order valence-electron chi connectivity index (χ4n) is 3.05. The summed E-state index contributed by atoms with van der Waals surface area (Å²) < 4.78 is 0. The van der Waals surface area contributed by atoms with Crippen LogP contribution in [-0.2, 0) is 9.59 Å². The predicted octanol–water partition coefficient (Wildman–Crippen LogP) is 4.30. The van der Waals surface area contributed by atoms with Crippen LogP contribution in [0.4, 0.5) is 0 Å². The molecule has 0 amide bonds. The molecule has 0 saturated heterocycles. The van der Waals surface area contributed by atoms with Crippen LogP contribution in [0, 0.1) is 17.8 Å². The Morgan fingerprint density at radius 3 is 2.08 bits per heavy atom. The number of carbonyl (C=O) groups excluding carboxylic acids is 2. The molecule has 0 aliphatic heterocycles. The molecule has 1 rings (SSSR count). The summed E-state index contributed by atoms with van der Waals surface area (Å²) in [6.07, 6.45) is 3.76. The van der Waals surface area contributed by atoms with Crippen LogP contribution in [-0.4, -0.2) is 27.4 Å². The summed E-state index contributed by atoms with van der Waals surface area (Å²) >= 11 is 0. The fourth-order valence-corrected chi connectivity index (χ4v) is 3.05. The first-order valence-corrected chi connectivity index (χ1v) is 8.94. The van der Waals surface area contributed by atoms with E-state index in [2.05, 4.69) is 0 Å². The number of hydrogen-bond donors (Lipinski definition) is 2. The summed E-state index contributed by atoms with van der Waals surface area (Å²) in [4.78, 5) is 25.7. The highest BCUT2D eigenvalue weighted by atomic mass is 16.3. The SMILES string of the molecule is CC(C)=CCC(=O)C1(O)C(O)=C(C(C)C(C)C)C(=O)C1CC=C(C)C. The number of allylic oxidation sites excluding steroid dienone is 5. The third-order valence-corrected chi connectivity index (χ3v) is 5.04. The van der Waals surface area contributed by atoms with E-state index < -0.39 is 23.1 Å². The van der Waals surface area contributed by atoms with Crippen LogP contribution >= 0.6 is 0 Å². The molecule has 0 heterocycles. The molecule has 4 heteroatoms. The monoisotopic (exact) mass is 348 g/mol. The second-order valence-corrected chi connectivity index (χ2v) is 7.90. The lowest BCUT2D eigenvalue weighted by molar-refractivity contribution is -0.144. The quantitative estimate of drug-likeness (QED) is 0.673. The van der Waals surface area contributed by atoms with Crippen molar-refractivity contribution >= 4 is 11.6 Å². The summed E-state index contributed by atoms with van der Waals surface area (Å²) in [7, 11) is 0. The zero-order chi connectivity index (χ0) is 19.5. The van der Waals surface area contributed by atoms with Gasteiger partial charge in [-0.1, -0.05) is 44.1 Å². The van der Waals surface area contributed by atoms with E-state index in [4.69, 9.17) is 0 Å².